The first-order valence-electron chi connectivity index (χ1n) is 6.06. The molecule has 0 atom stereocenters. The maximum atomic E-state index is 13.5. The number of rotatable bonds is 3. The van der Waals surface area contributed by atoms with Crippen molar-refractivity contribution in [2.45, 2.75) is 33.7 Å². The van der Waals surface area contributed by atoms with E-state index in [1.54, 1.807) is 13.0 Å². The van der Waals surface area contributed by atoms with Gasteiger partial charge in [0.25, 0.3) is 0 Å². The molecule has 0 saturated heterocycles. The first kappa shape index (κ1) is 12.6. The summed E-state index contributed by atoms with van der Waals surface area (Å²) in [6, 6.07) is 5.32. The number of nitrogens with one attached hydrogen (secondary N) is 1. The molecule has 0 saturated carbocycles. The molecule has 0 bridgehead atoms. The predicted molar refractivity (Wildman–Crippen MR) is 71.8 cm³/mol. The monoisotopic (exact) mass is 247 g/mol. The molecule has 0 fully saturated rings. The van der Waals surface area contributed by atoms with Gasteiger partial charge in [-0.25, -0.2) is 9.37 Å². The van der Waals surface area contributed by atoms with E-state index in [4.69, 9.17) is 0 Å². The van der Waals surface area contributed by atoms with Crippen LogP contribution in [0.4, 0.5) is 16.0 Å². The Morgan fingerprint density at radius 1 is 1.28 bits per heavy atom. The van der Waals surface area contributed by atoms with Crippen LogP contribution in [0.3, 0.4) is 0 Å². The van der Waals surface area contributed by atoms with Gasteiger partial charge in [-0.15, -0.1) is 0 Å². The topological polar surface area (TPSA) is 29.9 Å². The van der Waals surface area contributed by atoms with Gasteiger partial charge in [0.15, 0.2) is 0 Å². The number of hydrogen-bond acceptors (Lipinski definition) is 2. The molecule has 18 heavy (non-hydrogen) atoms. The second-order valence-electron chi connectivity index (χ2n) is 4.74. The van der Waals surface area contributed by atoms with Crippen molar-refractivity contribution >= 4 is 11.6 Å². The molecule has 1 heterocycles. The summed E-state index contributed by atoms with van der Waals surface area (Å²) in [6.07, 6.45) is 1.99. The van der Waals surface area contributed by atoms with Gasteiger partial charge in [-0.2, -0.15) is 0 Å². The van der Waals surface area contributed by atoms with Crippen LogP contribution >= 0.6 is 0 Å². The van der Waals surface area contributed by atoms with Crippen LogP contribution in [-0.4, -0.2) is 9.55 Å². The molecule has 0 aliphatic heterocycles. The summed E-state index contributed by atoms with van der Waals surface area (Å²) in [7, 11) is 0. The summed E-state index contributed by atoms with van der Waals surface area (Å²) in [5.41, 5.74) is 2.30. The van der Waals surface area contributed by atoms with Crippen LogP contribution in [0, 0.1) is 19.7 Å². The molecule has 4 heteroatoms. The molecule has 1 aromatic heterocycles. The largest absolute Gasteiger partial charge is 0.325 e. The van der Waals surface area contributed by atoms with Crippen molar-refractivity contribution in [1.29, 1.82) is 0 Å². The molecule has 0 amide bonds. The van der Waals surface area contributed by atoms with Crippen LogP contribution in [-0.2, 0) is 0 Å². The van der Waals surface area contributed by atoms with Gasteiger partial charge in [-0.3, -0.25) is 0 Å². The average molecular weight is 247 g/mol. The highest BCUT2D eigenvalue weighted by atomic mass is 19.1. The first-order valence-corrected chi connectivity index (χ1v) is 6.06. The number of anilines is 2. The highest BCUT2D eigenvalue weighted by molar-refractivity contribution is 5.59. The van der Waals surface area contributed by atoms with Crippen LogP contribution in [0.15, 0.2) is 24.4 Å². The van der Waals surface area contributed by atoms with Gasteiger partial charge in [0.05, 0.1) is 5.69 Å². The Morgan fingerprint density at radius 2 is 2.00 bits per heavy atom. The molecule has 0 spiro atoms. The lowest BCUT2D eigenvalue weighted by Gasteiger charge is -2.14. The number of halogens is 1. The van der Waals surface area contributed by atoms with Crippen molar-refractivity contribution in [2.24, 2.45) is 0 Å². The fraction of sp³-hybridized carbons (Fsp3) is 0.357. The van der Waals surface area contributed by atoms with E-state index in [1.807, 2.05) is 23.8 Å². The highest BCUT2D eigenvalue weighted by Crippen LogP contribution is 2.23. The Bertz CT molecular complexity index is 558. The standard InChI is InChI=1S/C14H18FN3/c1-9(2)18-8-10(3)16-14(18)17-13-7-5-6-12(15)11(13)4/h5-9H,1-4H3,(H,16,17). The van der Waals surface area contributed by atoms with Crippen molar-refractivity contribution in [1.82, 2.24) is 9.55 Å². The van der Waals surface area contributed by atoms with E-state index < -0.39 is 0 Å². The minimum Gasteiger partial charge on any atom is -0.325 e. The molecular formula is C14H18FN3. The Labute approximate surface area is 107 Å². The number of benzene rings is 1. The van der Waals surface area contributed by atoms with Gasteiger partial charge in [0.2, 0.25) is 5.95 Å². The highest BCUT2D eigenvalue weighted by Gasteiger charge is 2.10. The zero-order chi connectivity index (χ0) is 13.3. The molecule has 1 N–H and O–H groups in total. The number of aromatic nitrogens is 2. The van der Waals surface area contributed by atoms with E-state index in [2.05, 4.69) is 24.1 Å². The van der Waals surface area contributed by atoms with Gasteiger partial charge in [-0.05, 0) is 39.8 Å². The van der Waals surface area contributed by atoms with Gasteiger partial charge < -0.3 is 9.88 Å². The zero-order valence-electron chi connectivity index (χ0n) is 11.2. The van der Waals surface area contributed by atoms with Gasteiger partial charge in [-0.1, -0.05) is 6.07 Å². The smallest absolute Gasteiger partial charge is 0.207 e. The van der Waals surface area contributed by atoms with E-state index in [-0.39, 0.29) is 5.82 Å². The molecule has 0 unspecified atom stereocenters. The summed E-state index contributed by atoms with van der Waals surface area (Å²) in [5.74, 6) is 0.538. The first-order chi connectivity index (χ1) is 8.49. The van der Waals surface area contributed by atoms with Crippen molar-refractivity contribution in [3.05, 3.63) is 41.5 Å². The predicted octanol–water partition coefficient (Wildman–Crippen LogP) is 3.96. The minimum absolute atomic E-state index is 0.209. The third kappa shape index (κ3) is 2.37. The molecule has 2 aromatic rings. The number of imidazole rings is 1. The van der Waals surface area contributed by atoms with Gasteiger partial charge in [0, 0.05) is 23.5 Å². The van der Waals surface area contributed by atoms with Crippen LogP contribution in [0.2, 0.25) is 0 Å². The summed E-state index contributed by atoms with van der Waals surface area (Å²) >= 11 is 0. The van der Waals surface area contributed by atoms with Crippen LogP contribution in [0.5, 0.6) is 0 Å². The molecule has 2 rings (SSSR count). The Balaban J connectivity index is 2.37. The molecule has 0 aliphatic rings. The fourth-order valence-electron chi connectivity index (χ4n) is 1.87. The number of hydrogen-bond donors (Lipinski definition) is 1. The lowest BCUT2D eigenvalue weighted by molar-refractivity contribution is 0.606. The second kappa shape index (κ2) is 4.80. The molecule has 96 valence electrons. The van der Waals surface area contributed by atoms with Crippen molar-refractivity contribution in [3.8, 4) is 0 Å². The molecule has 0 aliphatic carbocycles. The second-order valence-corrected chi connectivity index (χ2v) is 4.74. The summed E-state index contributed by atoms with van der Waals surface area (Å²) in [5, 5.41) is 3.20. The van der Waals surface area contributed by atoms with E-state index in [9.17, 15) is 4.39 Å². The number of nitrogens with zero attached hydrogens (tertiary/aromatic N) is 2. The quantitative estimate of drug-likeness (QED) is 0.889. The third-order valence-corrected chi connectivity index (χ3v) is 2.92. The summed E-state index contributed by atoms with van der Waals surface area (Å²) in [4.78, 5) is 4.43. The normalized spacial score (nSPS) is 11.0. The fourth-order valence-corrected chi connectivity index (χ4v) is 1.87. The van der Waals surface area contributed by atoms with Crippen LogP contribution < -0.4 is 5.32 Å². The average Bonchev–Trinajstić information content (AvgIpc) is 2.66. The van der Waals surface area contributed by atoms with Crippen LogP contribution in [0.25, 0.3) is 0 Å². The lowest BCUT2D eigenvalue weighted by atomic mass is 10.2. The minimum atomic E-state index is -0.209. The lowest BCUT2D eigenvalue weighted by Crippen LogP contribution is -2.06. The molecular weight excluding hydrogens is 229 g/mol. The Hall–Kier alpha value is -1.84. The maximum absolute atomic E-state index is 13.5. The molecule has 0 radical (unpaired) electrons. The van der Waals surface area contributed by atoms with E-state index in [1.165, 1.54) is 6.07 Å². The SMILES string of the molecule is Cc1cn(C(C)C)c(Nc2cccc(F)c2C)n1. The summed E-state index contributed by atoms with van der Waals surface area (Å²) in [6.45, 7) is 7.88. The van der Waals surface area contributed by atoms with Crippen molar-refractivity contribution in [2.75, 3.05) is 5.32 Å². The van der Waals surface area contributed by atoms with Crippen molar-refractivity contribution in [3.63, 3.8) is 0 Å². The van der Waals surface area contributed by atoms with Crippen molar-refractivity contribution < 1.29 is 4.39 Å². The zero-order valence-corrected chi connectivity index (χ0v) is 11.2. The van der Waals surface area contributed by atoms with Gasteiger partial charge >= 0.3 is 0 Å². The van der Waals surface area contributed by atoms with E-state index in [0.29, 0.717) is 11.6 Å². The Morgan fingerprint density at radius 3 is 2.67 bits per heavy atom. The molecule has 1 aromatic carbocycles. The Kier molecular flexibility index (Phi) is 3.36. The summed E-state index contributed by atoms with van der Waals surface area (Å²) < 4.78 is 15.5. The third-order valence-electron chi connectivity index (χ3n) is 2.92. The maximum Gasteiger partial charge on any atom is 0.207 e. The molecule has 3 nitrogen and oxygen atoms in total. The van der Waals surface area contributed by atoms with Gasteiger partial charge in [0.1, 0.15) is 5.82 Å². The number of aryl methyl sites for hydroxylation is 1. The van der Waals surface area contributed by atoms with E-state index >= 15 is 0 Å². The van der Waals surface area contributed by atoms with E-state index in [0.717, 1.165) is 17.3 Å². The van der Waals surface area contributed by atoms with Crippen LogP contribution in [0.1, 0.15) is 31.1 Å².